The second-order valence-electron chi connectivity index (χ2n) is 4.33. The predicted octanol–water partition coefficient (Wildman–Crippen LogP) is 2.65. The van der Waals surface area contributed by atoms with E-state index in [-0.39, 0.29) is 11.9 Å². The molecule has 1 amide bonds. The van der Waals surface area contributed by atoms with Crippen molar-refractivity contribution in [3.8, 4) is 5.75 Å². The summed E-state index contributed by atoms with van der Waals surface area (Å²) in [5.74, 6) is 0.493. The van der Waals surface area contributed by atoms with Crippen molar-refractivity contribution in [2.24, 2.45) is 0 Å². The Labute approximate surface area is 119 Å². The van der Waals surface area contributed by atoms with Gasteiger partial charge in [-0.15, -0.1) is 0 Å². The third kappa shape index (κ3) is 5.49. The van der Waals surface area contributed by atoms with E-state index in [9.17, 15) is 4.79 Å². The smallest absolute Gasteiger partial charge is 0.261 e. The van der Waals surface area contributed by atoms with Crippen LogP contribution in [0, 0.1) is 0 Å². The van der Waals surface area contributed by atoms with Crippen LogP contribution in [0.1, 0.15) is 20.3 Å². The Balaban J connectivity index is 2.57. The predicted molar refractivity (Wildman–Crippen MR) is 75.6 cm³/mol. The van der Waals surface area contributed by atoms with E-state index >= 15 is 0 Å². The molecule has 0 aliphatic heterocycles. The Kier molecular flexibility index (Phi) is 6.67. The number of ether oxygens (including phenoxy) is 2. The third-order valence-corrected chi connectivity index (χ3v) is 2.81. The zero-order valence-electron chi connectivity index (χ0n) is 11.5. The molecule has 0 unspecified atom stereocenters. The van der Waals surface area contributed by atoms with Gasteiger partial charge in [0.1, 0.15) is 5.75 Å². The zero-order valence-corrected chi connectivity index (χ0v) is 12.2. The maximum atomic E-state index is 12.0. The molecule has 1 N–H and O–H groups in total. The highest BCUT2D eigenvalue weighted by atomic mass is 35.5. The summed E-state index contributed by atoms with van der Waals surface area (Å²) < 4.78 is 10.6. The molecular weight excluding hydrogens is 266 g/mol. The number of rotatable bonds is 7. The van der Waals surface area contributed by atoms with Crippen LogP contribution in [0.3, 0.4) is 0 Å². The van der Waals surface area contributed by atoms with Crippen molar-refractivity contribution in [3.05, 3.63) is 29.3 Å². The van der Waals surface area contributed by atoms with Crippen LogP contribution < -0.4 is 10.1 Å². The lowest BCUT2D eigenvalue weighted by Crippen LogP contribution is -2.44. The van der Waals surface area contributed by atoms with Crippen LogP contribution in [0.5, 0.6) is 5.75 Å². The molecule has 2 atom stereocenters. The molecule has 0 fully saturated rings. The maximum absolute atomic E-state index is 12.0. The molecule has 0 radical (unpaired) electrons. The minimum absolute atomic E-state index is 0.0413. The SMILES string of the molecule is CC[C@H](Oc1ccc(Cl)cc1)C(=O)N[C@H](C)COC. The van der Waals surface area contributed by atoms with Gasteiger partial charge < -0.3 is 14.8 Å². The molecule has 0 heterocycles. The van der Waals surface area contributed by atoms with Gasteiger partial charge in [-0.05, 0) is 37.6 Å². The molecule has 1 aromatic rings. The van der Waals surface area contributed by atoms with Gasteiger partial charge in [0, 0.05) is 18.2 Å². The molecule has 19 heavy (non-hydrogen) atoms. The largest absolute Gasteiger partial charge is 0.481 e. The summed E-state index contributed by atoms with van der Waals surface area (Å²) in [4.78, 5) is 12.0. The van der Waals surface area contributed by atoms with Gasteiger partial charge in [0.15, 0.2) is 6.10 Å². The van der Waals surface area contributed by atoms with Gasteiger partial charge in [-0.1, -0.05) is 18.5 Å². The first-order chi connectivity index (χ1) is 9.06. The second kappa shape index (κ2) is 8.02. The van der Waals surface area contributed by atoms with Crippen molar-refractivity contribution in [1.82, 2.24) is 5.32 Å². The summed E-state index contributed by atoms with van der Waals surface area (Å²) in [7, 11) is 1.60. The number of carbonyl (C=O) groups excluding carboxylic acids is 1. The first kappa shape index (κ1) is 15.8. The third-order valence-electron chi connectivity index (χ3n) is 2.56. The standard InChI is InChI=1S/C14H20ClNO3/c1-4-13(14(17)16-10(2)9-18-3)19-12-7-5-11(15)6-8-12/h5-8,10,13H,4,9H2,1-3H3,(H,16,17)/t10-,13+/m1/s1. The van der Waals surface area contributed by atoms with Crippen LogP contribution in [-0.2, 0) is 9.53 Å². The van der Waals surface area contributed by atoms with E-state index in [0.717, 1.165) is 0 Å². The average Bonchev–Trinajstić information content (AvgIpc) is 2.38. The number of carbonyl (C=O) groups is 1. The summed E-state index contributed by atoms with van der Waals surface area (Å²) in [6.07, 6.45) is 0.0780. The number of methoxy groups -OCH3 is 1. The Morgan fingerprint density at radius 2 is 2.00 bits per heavy atom. The number of amides is 1. The van der Waals surface area contributed by atoms with Crippen molar-refractivity contribution >= 4 is 17.5 Å². The van der Waals surface area contributed by atoms with Crippen molar-refractivity contribution in [2.45, 2.75) is 32.4 Å². The van der Waals surface area contributed by atoms with Gasteiger partial charge in [-0.25, -0.2) is 0 Å². The van der Waals surface area contributed by atoms with Gasteiger partial charge in [-0.2, -0.15) is 0 Å². The number of benzene rings is 1. The first-order valence-electron chi connectivity index (χ1n) is 6.28. The molecule has 0 aliphatic rings. The fraction of sp³-hybridized carbons (Fsp3) is 0.500. The molecule has 106 valence electrons. The summed E-state index contributed by atoms with van der Waals surface area (Å²) in [5, 5.41) is 3.49. The number of halogens is 1. The van der Waals surface area contributed by atoms with E-state index in [0.29, 0.717) is 23.8 Å². The van der Waals surface area contributed by atoms with E-state index in [1.807, 2.05) is 13.8 Å². The van der Waals surface area contributed by atoms with Gasteiger partial charge >= 0.3 is 0 Å². The lowest BCUT2D eigenvalue weighted by molar-refractivity contribution is -0.129. The highest BCUT2D eigenvalue weighted by Crippen LogP contribution is 2.17. The fourth-order valence-corrected chi connectivity index (χ4v) is 1.75. The Morgan fingerprint density at radius 1 is 1.37 bits per heavy atom. The van der Waals surface area contributed by atoms with Crippen LogP contribution in [-0.4, -0.2) is 31.8 Å². The molecule has 0 saturated carbocycles. The minimum Gasteiger partial charge on any atom is -0.481 e. The van der Waals surface area contributed by atoms with Crippen LogP contribution in [0.4, 0.5) is 0 Å². The molecule has 0 aromatic heterocycles. The molecule has 0 spiro atoms. The van der Waals surface area contributed by atoms with E-state index in [2.05, 4.69) is 5.32 Å². The highest BCUT2D eigenvalue weighted by Gasteiger charge is 2.19. The fourth-order valence-electron chi connectivity index (χ4n) is 1.63. The average molecular weight is 286 g/mol. The topological polar surface area (TPSA) is 47.6 Å². The molecule has 0 bridgehead atoms. The summed E-state index contributed by atoms with van der Waals surface area (Å²) in [5.41, 5.74) is 0. The van der Waals surface area contributed by atoms with Crippen molar-refractivity contribution in [2.75, 3.05) is 13.7 Å². The molecule has 4 nitrogen and oxygen atoms in total. The first-order valence-corrected chi connectivity index (χ1v) is 6.66. The quantitative estimate of drug-likeness (QED) is 0.838. The lowest BCUT2D eigenvalue weighted by atomic mass is 10.2. The monoisotopic (exact) mass is 285 g/mol. The van der Waals surface area contributed by atoms with E-state index in [1.54, 1.807) is 31.4 Å². The van der Waals surface area contributed by atoms with Crippen molar-refractivity contribution in [1.29, 1.82) is 0 Å². The Morgan fingerprint density at radius 3 is 2.53 bits per heavy atom. The summed E-state index contributed by atoms with van der Waals surface area (Å²) >= 11 is 5.80. The lowest BCUT2D eigenvalue weighted by Gasteiger charge is -2.20. The molecule has 1 rings (SSSR count). The van der Waals surface area contributed by atoms with Gasteiger partial charge in [0.25, 0.3) is 5.91 Å². The zero-order chi connectivity index (χ0) is 14.3. The van der Waals surface area contributed by atoms with Crippen LogP contribution in [0.2, 0.25) is 5.02 Å². The van der Waals surface area contributed by atoms with Crippen LogP contribution >= 0.6 is 11.6 Å². The minimum atomic E-state index is -0.513. The van der Waals surface area contributed by atoms with Crippen LogP contribution in [0.25, 0.3) is 0 Å². The molecule has 0 saturated heterocycles. The summed E-state index contributed by atoms with van der Waals surface area (Å²) in [6, 6.07) is 6.91. The van der Waals surface area contributed by atoms with Crippen molar-refractivity contribution in [3.63, 3.8) is 0 Å². The Bertz CT molecular complexity index is 394. The van der Waals surface area contributed by atoms with Crippen LogP contribution in [0.15, 0.2) is 24.3 Å². The maximum Gasteiger partial charge on any atom is 0.261 e. The molecule has 1 aromatic carbocycles. The van der Waals surface area contributed by atoms with Crippen molar-refractivity contribution < 1.29 is 14.3 Å². The second-order valence-corrected chi connectivity index (χ2v) is 4.77. The van der Waals surface area contributed by atoms with Gasteiger partial charge in [0.05, 0.1) is 6.61 Å². The van der Waals surface area contributed by atoms with Gasteiger partial charge in [0.2, 0.25) is 0 Å². The number of hydrogen-bond acceptors (Lipinski definition) is 3. The number of nitrogens with one attached hydrogen (secondary N) is 1. The molecular formula is C14H20ClNO3. The van der Waals surface area contributed by atoms with E-state index in [4.69, 9.17) is 21.1 Å². The van der Waals surface area contributed by atoms with E-state index < -0.39 is 6.10 Å². The number of hydrogen-bond donors (Lipinski definition) is 1. The molecule has 5 heteroatoms. The normalized spacial score (nSPS) is 13.7. The van der Waals surface area contributed by atoms with Gasteiger partial charge in [-0.3, -0.25) is 4.79 Å². The van der Waals surface area contributed by atoms with E-state index in [1.165, 1.54) is 0 Å². The highest BCUT2D eigenvalue weighted by molar-refractivity contribution is 6.30. The molecule has 0 aliphatic carbocycles. The summed E-state index contributed by atoms with van der Waals surface area (Å²) in [6.45, 7) is 4.26. The Hall–Kier alpha value is -1.26.